The number of carbonyl (C=O) groups excluding carboxylic acids is 2. The highest BCUT2D eigenvalue weighted by molar-refractivity contribution is 7.89. The molecule has 7 heteroatoms. The maximum Gasteiger partial charge on any atom is 0.255 e. The Kier molecular flexibility index (Phi) is 7.79. The third-order valence-electron chi connectivity index (χ3n) is 5.36. The third-order valence-corrected chi connectivity index (χ3v) is 7.23. The van der Waals surface area contributed by atoms with E-state index in [1.807, 2.05) is 26.0 Å². The van der Waals surface area contributed by atoms with Gasteiger partial charge in [-0.05, 0) is 49.7 Å². The van der Waals surface area contributed by atoms with Crippen molar-refractivity contribution in [3.63, 3.8) is 0 Å². The van der Waals surface area contributed by atoms with Crippen LogP contribution in [0.4, 0.5) is 5.69 Å². The van der Waals surface area contributed by atoms with E-state index >= 15 is 0 Å². The molecule has 0 unspecified atom stereocenters. The van der Waals surface area contributed by atoms with Crippen molar-refractivity contribution >= 4 is 27.4 Å². The molecule has 172 valence electrons. The first kappa shape index (κ1) is 24.4. The summed E-state index contributed by atoms with van der Waals surface area (Å²) in [5, 5.41) is 2.79. The van der Waals surface area contributed by atoms with Crippen LogP contribution < -0.4 is 5.32 Å². The molecule has 6 nitrogen and oxygen atoms in total. The minimum Gasteiger partial charge on any atom is -0.321 e. The molecule has 0 saturated heterocycles. The zero-order chi connectivity index (χ0) is 24.0. The number of nitrogens with one attached hydrogen (secondary N) is 1. The van der Waals surface area contributed by atoms with Gasteiger partial charge in [-0.1, -0.05) is 55.3 Å². The molecule has 3 aromatic carbocycles. The summed E-state index contributed by atoms with van der Waals surface area (Å²) in [6.07, 6.45) is 1.67. The number of aryl methyl sites for hydroxylation is 1. The van der Waals surface area contributed by atoms with Crippen molar-refractivity contribution in [3.8, 4) is 0 Å². The van der Waals surface area contributed by atoms with Gasteiger partial charge in [0.15, 0.2) is 5.78 Å². The SMILES string of the molecule is CCCCN(C)S(=O)(=O)c1ccc(C(=O)Nc2ccc(C)cc2C(=O)c2ccccc2)cc1. The third kappa shape index (κ3) is 5.74. The molecule has 3 rings (SSSR count). The smallest absolute Gasteiger partial charge is 0.255 e. The number of sulfonamides is 1. The number of unbranched alkanes of at least 4 members (excludes halogenated alkanes) is 1. The summed E-state index contributed by atoms with van der Waals surface area (Å²) in [7, 11) is -2.06. The molecule has 0 saturated carbocycles. The maximum absolute atomic E-state index is 13.0. The first-order valence-electron chi connectivity index (χ1n) is 10.8. The number of rotatable bonds is 9. The predicted molar refractivity (Wildman–Crippen MR) is 130 cm³/mol. The summed E-state index contributed by atoms with van der Waals surface area (Å²) in [5.41, 5.74) is 2.51. The highest BCUT2D eigenvalue weighted by Crippen LogP contribution is 2.23. The van der Waals surface area contributed by atoms with E-state index in [2.05, 4.69) is 5.32 Å². The van der Waals surface area contributed by atoms with Crippen LogP contribution in [0.3, 0.4) is 0 Å². The van der Waals surface area contributed by atoms with E-state index in [9.17, 15) is 18.0 Å². The second kappa shape index (κ2) is 10.6. The molecule has 0 spiro atoms. The topological polar surface area (TPSA) is 83.6 Å². The Morgan fingerprint density at radius 3 is 2.21 bits per heavy atom. The fraction of sp³-hybridized carbons (Fsp3) is 0.231. The number of amides is 1. The molecule has 0 radical (unpaired) electrons. The molecule has 0 fully saturated rings. The van der Waals surface area contributed by atoms with Gasteiger partial charge in [0.1, 0.15) is 0 Å². The van der Waals surface area contributed by atoms with Gasteiger partial charge in [-0.15, -0.1) is 0 Å². The lowest BCUT2D eigenvalue weighted by Gasteiger charge is -2.17. The first-order chi connectivity index (χ1) is 15.7. The number of hydrogen-bond donors (Lipinski definition) is 1. The van der Waals surface area contributed by atoms with E-state index in [0.717, 1.165) is 18.4 Å². The van der Waals surface area contributed by atoms with Gasteiger partial charge in [0, 0.05) is 30.3 Å². The van der Waals surface area contributed by atoms with Gasteiger partial charge in [-0.25, -0.2) is 12.7 Å². The van der Waals surface area contributed by atoms with E-state index in [0.29, 0.717) is 28.9 Å². The van der Waals surface area contributed by atoms with Gasteiger partial charge in [-0.2, -0.15) is 0 Å². The van der Waals surface area contributed by atoms with Gasteiger partial charge >= 0.3 is 0 Å². The lowest BCUT2D eigenvalue weighted by Crippen LogP contribution is -2.28. The average molecular weight is 465 g/mol. The molecule has 1 amide bonds. The minimum atomic E-state index is -3.61. The van der Waals surface area contributed by atoms with Crippen LogP contribution in [0.25, 0.3) is 0 Å². The lowest BCUT2D eigenvalue weighted by atomic mass is 9.99. The average Bonchev–Trinajstić information content (AvgIpc) is 2.83. The van der Waals surface area contributed by atoms with Crippen LogP contribution in [0.5, 0.6) is 0 Å². The molecule has 1 N–H and O–H groups in total. The standard InChI is InChI=1S/C26H28N2O4S/c1-4-5-17-28(3)33(31,32)22-14-12-21(13-15-22)26(30)27-24-16-11-19(2)18-23(24)25(29)20-9-7-6-8-10-20/h6-16,18H,4-5,17H2,1-3H3,(H,27,30). The summed E-state index contributed by atoms with van der Waals surface area (Å²) in [4.78, 5) is 26.0. The van der Waals surface area contributed by atoms with Crippen molar-refractivity contribution < 1.29 is 18.0 Å². The number of hydrogen-bond acceptors (Lipinski definition) is 4. The van der Waals surface area contributed by atoms with Crippen LogP contribution in [-0.4, -0.2) is 38.0 Å². The molecule has 0 heterocycles. The second-order valence-electron chi connectivity index (χ2n) is 7.90. The molecule has 0 aromatic heterocycles. The number of carbonyl (C=O) groups is 2. The van der Waals surface area contributed by atoms with Crippen molar-refractivity contribution in [3.05, 3.63) is 95.1 Å². The van der Waals surface area contributed by atoms with Crippen molar-refractivity contribution in [2.45, 2.75) is 31.6 Å². The van der Waals surface area contributed by atoms with Crippen molar-refractivity contribution in [1.82, 2.24) is 4.31 Å². The van der Waals surface area contributed by atoms with Crippen molar-refractivity contribution in [2.24, 2.45) is 0 Å². The Morgan fingerprint density at radius 2 is 1.58 bits per heavy atom. The largest absolute Gasteiger partial charge is 0.321 e. The number of nitrogens with zero attached hydrogens (tertiary/aromatic N) is 1. The monoisotopic (exact) mass is 464 g/mol. The molecule has 33 heavy (non-hydrogen) atoms. The van der Waals surface area contributed by atoms with E-state index in [4.69, 9.17) is 0 Å². The predicted octanol–water partition coefficient (Wildman–Crippen LogP) is 4.90. The molecular formula is C26H28N2O4S. The van der Waals surface area contributed by atoms with Crippen molar-refractivity contribution in [1.29, 1.82) is 0 Å². The zero-order valence-corrected chi connectivity index (χ0v) is 19.9. The van der Waals surface area contributed by atoms with Crippen LogP contribution in [0.15, 0.2) is 77.7 Å². The molecule has 0 aliphatic rings. The number of ketones is 1. The summed E-state index contributed by atoms with van der Waals surface area (Å²) in [6.45, 7) is 4.32. The first-order valence-corrected chi connectivity index (χ1v) is 12.3. The Balaban J connectivity index is 1.82. The summed E-state index contributed by atoms with van der Waals surface area (Å²) < 4.78 is 26.7. The lowest BCUT2D eigenvalue weighted by molar-refractivity contribution is 0.102. The van der Waals surface area contributed by atoms with Gasteiger partial charge in [-0.3, -0.25) is 9.59 Å². The van der Waals surface area contributed by atoms with Crippen LogP contribution in [0.2, 0.25) is 0 Å². The van der Waals surface area contributed by atoms with Gasteiger partial charge in [0.25, 0.3) is 5.91 Å². The summed E-state index contributed by atoms with van der Waals surface area (Å²) in [5.74, 6) is -0.615. The molecule has 3 aromatic rings. The Labute approximate surface area is 195 Å². The quantitative estimate of drug-likeness (QED) is 0.457. The van der Waals surface area contributed by atoms with E-state index < -0.39 is 15.9 Å². The van der Waals surface area contributed by atoms with Gasteiger partial charge in [0.2, 0.25) is 10.0 Å². The van der Waals surface area contributed by atoms with Crippen molar-refractivity contribution in [2.75, 3.05) is 18.9 Å². The molecule has 0 bridgehead atoms. The summed E-state index contributed by atoms with van der Waals surface area (Å²) >= 11 is 0. The Hall–Kier alpha value is -3.29. The van der Waals surface area contributed by atoms with E-state index in [1.165, 1.54) is 28.6 Å². The summed E-state index contributed by atoms with van der Waals surface area (Å²) in [6, 6.07) is 19.9. The fourth-order valence-corrected chi connectivity index (χ4v) is 4.56. The molecular weight excluding hydrogens is 436 g/mol. The highest BCUT2D eigenvalue weighted by Gasteiger charge is 2.21. The normalized spacial score (nSPS) is 11.4. The van der Waals surface area contributed by atoms with Crippen LogP contribution in [0.1, 0.15) is 51.6 Å². The van der Waals surface area contributed by atoms with Crippen LogP contribution >= 0.6 is 0 Å². The Morgan fingerprint density at radius 1 is 0.909 bits per heavy atom. The highest BCUT2D eigenvalue weighted by atomic mass is 32.2. The van der Waals surface area contributed by atoms with Crippen LogP contribution in [0, 0.1) is 6.92 Å². The number of benzene rings is 3. The van der Waals surface area contributed by atoms with Gasteiger partial charge in [0.05, 0.1) is 10.6 Å². The van der Waals surface area contributed by atoms with E-state index in [-0.39, 0.29) is 10.7 Å². The minimum absolute atomic E-state index is 0.132. The number of anilines is 1. The second-order valence-corrected chi connectivity index (χ2v) is 9.95. The zero-order valence-electron chi connectivity index (χ0n) is 19.0. The molecule has 0 aliphatic carbocycles. The van der Waals surface area contributed by atoms with Crippen LogP contribution in [-0.2, 0) is 10.0 Å². The molecule has 0 aliphatic heterocycles. The fourth-order valence-electron chi connectivity index (χ4n) is 3.35. The maximum atomic E-state index is 13.0. The molecule has 0 atom stereocenters. The van der Waals surface area contributed by atoms with E-state index in [1.54, 1.807) is 43.4 Å². The van der Waals surface area contributed by atoms with Gasteiger partial charge < -0.3 is 5.32 Å². The Bertz CT molecular complexity index is 1240.